The number of aliphatic hydroxyl groups is 1. The minimum atomic E-state index is -5.53. The Bertz CT molecular complexity index is 518. The Balaban J connectivity index is 3.13. The summed E-state index contributed by atoms with van der Waals surface area (Å²) in [5.74, 6) is 0. The van der Waals surface area contributed by atoms with Crippen molar-refractivity contribution < 1.29 is 31.9 Å². The second-order valence-electron chi connectivity index (χ2n) is 4.51. The van der Waals surface area contributed by atoms with Gasteiger partial charge in [-0.1, -0.05) is 12.1 Å². The summed E-state index contributed by atoms with van der Waals surface area (Å²) in [7, 11) is 1.36. The van der Waals surface area contributed by atoms with Crippen molar-refractivity contribution in [2.24, 2.45) is 0 Å². The van der Waals surface area contributed by atoms with Gasteiger partial charge in [0.05, 0.1) is 0 Å². The second kappa shape index (κ2) is 6.47. The van der Waals surface area contributed by atoms with E-state index in [1.54, 1.807) is 6.92 Å². The maximum absolute atomic E-state index is 12.7. The number of urea groups is 1. The molecule has 1 atom stereocenters. The number of benzene rings is 1. The van der Waals surface area contributed by atoms with Gasteiger partial charge in [0.15, 0.2) is 0 Å². The zero-order chi connectivity index (χ0) is 17.1. The zero-order valence-electron chi connectivity index (χ0n) is 11.8. The van der Waals surface area contributed by atoms with Crippen molar-refractivity contribution in [2.75, 3.05) is 18.5 Å². The Hall–Kier alpha value is -1.90. The molecule has 2 N–H and O–H groups in total. The van der Waals surface area contributed by atoms with Crippen LogP contribution in [-0.2, 0) is 5.60 Å². The van der Waals surface area contributed by atoms with Gasteiger partial charge < -0.3 is 10.4 Å². The third-order valence-corrected chi connectivity index (χ3v) is 3.08. The average molecular weight is 326 g/mol. The molecule has 1 rings (SSSR count). The van der Waals surface area contributed by atoms with Gasteiger partial charge in [0.25, 0.3) is 6.43 Å². The highest BCUT2D eigenvalue weighted by molar-refractivity contribution is 5.91. The van der Waals surface area contributed by atoms with Gasteiger partial charge in [-0.05, 0) is 24.6 Å². The van der Waals surface area contributed by atoms with E-state index >= 15 is 0 Å². The first kappa shape index (κ1) is 18.1. The van der Waals surface area contributed by atoms with E-state index in [4.69, 9.17) is 0 Å². The standard InChI is InChI=1S/C13H15F5N2O2/c1-3-19-11(21)20(2)9-6-4-8(5-7-9)12(22,10(14)15)13(16,17)18/h4-7,10,22H,3H2,1-2H3,(H,19,21). The minimum Gasteiger partial charge on any atom is -0.372 e. The number of carbonyl (C=O) groups is 1. The fourth-order valence-electron chi connectivity index (χ4n) is 1.74. The number of hydrogen-bond donors (Lipinski definition) is 2. The highest BCUT2D eigenvalue weighted by Crippen LogP contribution is 2.43. The predicted molar refractivity (Wildman–Crippen MR) is 69.9 cm³/mol. The van der Waals surface area contributed by atoms with Crippen LogP contribution in [0.15, 0.2) is 24.3 Å². The molecule has 0 spiro atoms. The molecule has 2 amide bonds. The predicted octanol–water partition coefficient (Wildman–Crippen LogP) is 2.87. The highest BCUT2D eigenvalue weighted by Gasteiger charge is 2.61. The maximum atomic E-state index is 12.7. The summed E-state index contributed by atoms with van der Waals surface area (Å²) in [6.45, 7) is 2.03. The Kier molecular flexibility index (Phi) is 5.34. The summed E-state index contributed by atoms with van der Waals surface area (Å²) in [5, 5.41) is 11.8. The molecule has 0 aliphatic carbocycles. The van der Waals surface area contributed by atoms with Crippen molar-refractivity contribution in [1.82, 2.24) is 5.32 Å². The van der Waals surface area contributed by atoms with E-state index in [-0.39, 0.29) is 5.69 Å². The molecule has 0 aromatic heterocycles. The van der Waals surface area contributed by atoms with Gasteiger partial charge in [0.1, 0.15) is 0 Å². The van der Waals surface area contributed by atoms with Gasteiger partial charge in [0.2, 0.25) is 5.60 Å². The van der Waals surface area contributed by atoms with Crippen LogP contribution in [-0.4, -0.2) is 37.3 Å². The lowest BCUT2D eigenvalue weighted by Crippen LogP contribution is -2.48. The first-order valence-electron chi connectivity index (χ1n) is 6.25. The van der Waals surface area contributed by atoms with Crippen molar-refractivity contribution in [2.45, 2.75) is 25.1 Å². The molecular formula is C13H15F5N2O2. The van der Waals surface area contributed by atoms with E-state index < -0.39 is 29.8 Å². The molecule has 9 heteroatoms. The number of hydrogen-bond acceptors (Lipinski definition) is 2. The van der Waals surface area contributed by atoms with Crippen LogP contribution >= 0.6 is 0 Å². The lowest BCUT2D eigenvalue weighted by Gasteiger charge is -2.30. The largest absolute Gasteiger partial charge is 0.427 e. The first-order chi connectivity index (χ1) is 10.1. The molecule has 1 aromatic carbocycles. The van der Waals surface area contributed by atoms with Crippen molar-refractivity contribution in [3.63, 3.8) is 0 Å². The van der Waals surface area contributed by atoms with Crippen LogP contribution in [0.3, 0.4) is 0 Å². The summed E-state index contributed by atoms with van der Waals surface area (Å²) >= 11 is 0. The van der Waals surface area contributed by atoms with Gasteiger partial charge >= 0.3 is 12.2 Å². The van der Waals surface area contributed by atoms with Crippen LogP contribution in [0, 0.1) is 0 Å². The van der Waals surface area contributed by atoms with E-state index in [9.17, 15) is 31.9 Å². The SMILES string of the molecule is CCNC(=O)N(C)c1ccc(C(O)(C(F)F)C(F)(F)F)cc1. The van der Waals surface area contributed by atoms with Gasteiger partial charge in [-0.25, -0.2) is 13.6 Å². The molecule has 22 heavy (non-hydrogen) atoms. The summed E-state index contributed by atoms with van der Waals surface area (Å²) < 4.78 is 63.6. The van der Waals surface area contributed by atoms with Gasteiger partial charge in [-0.3, -0.25) is 4.90 Å². The normalized spacial score (nSPS) is 14.6. The van der Waals surface area contributed by atoms with Crippen LogP contribution in [0.4, 0.5) is 32.4 Å². The third kappa shape index (κ3) is 3.29. The summed E-state index contributed by atoms with van der Waals surface area (Å²) in [6, 6.07) is 3.01. The van der Waals surface area contributed by atoms with Crippen molar-refractivity contribution >= 4 is 11.7 Å². The van der Waals surface area contributed by atoms with Crippen molar-refractivity contribution in [1.29, 1.82) is 0 Å². The fourth-order valence-corrected chi connectivity index (χ4v) is 1.74. The molecular weight excluding hydrogens is 311 g/mol. The van der Waals surface area contributed by atoms with Crippen LogP contribution in [0.5, 0.6) is 0 Å². The number of anilines is 1. The Morgan fingerprint density at radius 2 is 1.77 bits per heavy atom. The second-order valence-corrected chi connectivity index (χ2v) is 4.51. The molecule has 1 unspecified atom stereocenters. The molecule has 0 aliphatic heterocycles. The number of amides is 2. The van der Waals surface area contributed by atoms with Crippen LogP contribution in [0.1, 0.15) is 12.5 Å². The lowest BCUT2D eigenvalue weighted by atomic mass is 9.93. The first-order valence-corrected chi connectivity index (χ1v) is 6.25. The summed E-state index contributed by atoms with van der Waals surface area (Å²) in [5.41, 5.74) is -5.06. The zero-order valence-corrected chi connectivity index (χ0v) is 11.8. The van der Waals surface area contributed by atoms with E-state index in [2.05, 4.69) is 5.32 Å². The molecule has 124 valence electrons. The van der Waals surface area contributed by atoms with E-state index in [0.717, 1.165) is 17.0 Å². The van der Waals surface area contributed by atoms with Gasteiger partial charge in [0, 0.05) is 19.3 Å². The van der Waals surface area contributed by atoms with E-state index in [1.165, 1.54) is 7.05 Å². The number of nitrogens with one attached hydrogen (secondary N) is 1. The van der Waals surface area contributed by atoms with Gasteiger partial charge in [-0.2, -0.15) is 13.2 Å². The molecule has 0 saturated carbocycles. The number of alkyl halides is 5. The van der Waals surface area contributed by atoms with E-state index in [0.29, 0.717) is 18.7 Å². The van der Waals surface area contributed by atoms with Crippen LogP contribution in [0.2, 0.25) is 0 Å². The summed E-state index contributed by atoms with van der Waals surface area (Å²) in [6.07, 6.45) is -9.58. The van der Waals surface area contributed by atoms with Crippen LogP contribution < -0.4 is 10.2 Å². The number of rotatable bonds is 4. The monoisotopic (exact) mass is 326 g/mol. The highest BCUT2D eigenvalue weighted by atomic mass is 19.4. The van der Waals surface area contributed by atoms with Crippen LogP contribution in [0.25, 0.3) is 0 Å². The number of nitrogens with zero attached hydrogens (tertiary/aromatic N) is 1. The van der Waals surface area contributed by atoms with Gasteiger partial charge in [-0.15, -0.1) is 0 Å². The average Bonchev–Trinajstić information content (AvgIpc) is 2.44. The third-order valence-electron chi connectivity index (χ3n) is 3.08. The Morgan fingerprint density at radius 1 is 1.27 bits per heavy atom. The molecule has 4 nitrogen and oxygen atoms in total. The molecule has 0 radical (unpaired) electrons. The minimum absolute atomic E-state index is 0.188. The number of halogens is 5. The maximum Gasteiger partial charge on any atom is 0.427 e. The molecule has 0 aliphatic rings. The molecule has 1 aromatic rings. The number of carbonyl (C=O) groups excluding carboxylic acids is 1. The molecule has 0 saturated heterocycles. The molecule has 0 bridgehead atoms. The quantitative estimate of drug-likeness (QED) is 0.836. The van der Waals surface area contributed by atoms with Crippen molar-refractivity contribution in [3.8, 4) is 0 Å². The van der Waals surface area contributed by atoms with Crippen molar-refractivity contribution in [3.05, 3.63) is 29.8 Å². The molecule has 0 fully saturated rings. The molecule has 0 heterocycles. The Labute approximate surface area is 123 Å². The smallest absolute Gasteiger partial charge is 0.372 e. The lowest BCUT2D eigenvalue weighted by molar-refractivity contribution is -0.305. The van der Waals surface area contributed by atoms with E-state index in [1.807, 2.05) is 0 Å². The Morgan fingerprint density at radius 3 is 2.14 bits per heavy atom. The topological polar surface area (TPSA) is 52.6 Å². The fraction of sp³-hybridized carbons (Fsp3) is 0.462. The summed E-state index contributed by atoms with van der Waals surface area (Å²) in [4.78, 5) is 12.7.